The minimum absolute atomic E-state index is 0.0528. The van der Waals surface area contributed by atoms with E-state index in [1.807, 2.05) is 27.7 Å². The normalized spacial score (nSPS) is 19.1. The average molecular weight is 364 g/mol. The standard InChI is InChI=1S/C18H25N3OS2/c1-10-6-7-12-13(8-10)24-17-14(12)16(19-9-20-17)23-11(2)15(22)21-18(3,4)5/h9-11H,6-8H2,1-5H3,(H,21,22)/t10-,11-/m0/s1. The second kappa shape index (κ2) is 6.64. The fourth-order valence-electron chi connectivity index (χ4n) is 3.03. The Kier molecular flexibility index (Phi) is 4.89. The lowest BCUT2D eigenvalue weighted by molar-refractivity contribution is -0.121. The van der Waals surface area contributed by atoms with Crippen molar-refractivity contribution in [1.82, 2.24) is 15.3 Å². The van der Waals surface area contributed by atoms with Crippen molar-refractivity contribution >= 4 is 39.2 Å². The Morgan fingerprint density at radius 3 is 2.88 bits per heavy atom. The van der Waals surface area contributed by atoms with E-state index in [2.05, 4.69) is 22.2 Å². The molecule has 0 spiro atoms. The number of hydrogen-bond acceptors (Lipinski definition) is 5. The van der Waals surface area contributed by atoms with Crippen LogP contribution in [0.5, 0.6) is 0 Å². The molecule has 2 heterocycles. The average Bonchev–Trinajstić information content (AvgIpc) is 2.83. The van der Waals surface area contributed by atoms with E-state index in [1.54, 1.807) is 29.4 Å². The van der Waals surface area contributed by atoms with Gasteiger partial charge in [0.05, 0.1) is 5.25 Å². The molecule has 6 heteroatoms. The third kappa shape index (κ3) is 3.75. The molecule has 2 aromatic rings. The summed E-state index contributed by atoms with van der Waals surface area (Å²) in [5.74, 6) is 0.795. The highest BCUT2D eigenvalue weighted by Gasteiger charge is 2.26. The maximum Gasteiger partial charge on any atom is 0.233 e. The van der Waals surface area contributed by atoms with Crippen molar-refractivity contribution in [1.29, 1.82) is 0 Å². The summed E-state index contributed by atoms with van der Waals surface area (Å²) < 4.78 is 0. The Hall–Kier alpha value is -1.14. The Morgan fingerprint density at radius 2 is 2.17 bits per heavy atom. The van der Waals surface area contributed by atoms with Gasteiger partial charge in [-0.05, 0) is 58.4 Å². The summed E-state index contributed by atoms with van der Waals surface area (Å²) in [4.78, 5) is 23.9. The summed E-state index contributed by atoms with van der Waals surface area (Å²) in [6.07, 6.45) is 5.09. The van der Waals surface area contributed by atoms with Gasteiger partial charge < -0.3 is 5.32 Å². The molecule has 0 aromatic carbocycles. The summed E-state index contributed by atoms with van der Waals surface area (Å²) in [5.41, 5.74) is 1.20. The first kappa shape index (κ1) is 17.7. The molecule has 2 aromatic heterocycles. The molecule has 0 unspecified atom stereocenters. The first-order chi connectivity index (χ1) is 11.2. The molecule has 0 fully saturated rings. The van der Waals surface area contributed by atoms with E-state index in [0.717, 1.165) is 28.6 Å². The van der Waals surface area contributed by atoms with E-state index < -0.39 is 0 Å². The number of rotatable bonds is 3. The van der Waals surface area contributed by atoms with Crippen LogP contribution in [0.1, 0.15) is 51.5 Å². The third-order valence-electron chi connectivity index (χ3n) is 4.21. The van der Waals surface area contributed by atoms with Crippen LogP contribution in [0.15, 0.2) is 11.4 Å². The second-order valence-electron chi connectivity index (χ2n) is 7.71. The van der Waals surface area contributed by atoms with Crippen molar-refractivity contribution in [2.75, 3.05) is 0 Å². The van der Waals surface area contributed by atoms with E-state index in [4.69, 9.17) is 0 Å². The predicted octanol–water partition coefficient (Wildman–Crippen LogP) is 4.21. The van der Waals surface area contributed by atoms with Crippen LogP contribution in [-0.2, 0) is 17.6 Å². The number of aryl methyl sites for hydroxylation is 1. The molecular formula is C18H25N3OS2. The van der Waals surface area contributed by atoms with E-state index in [0.29, 0.717) is 0 Å². The fourth-order valence-corrected chi connectivity index (χ4v) is 5.39. The summed E-state index contributed by atoms with van der Waals surface area (Å²) in [7, 11) is 0. The van der Waals surface area contributed by atoms with Crippen LogP contribution in [0.2, 0.25) is 0 Å². The monoisotopic (exact) mass is 363 g/mol. The SMILES string of the molecule is C[C@H]1CCc2c(sc3ncnc(S[C@@H](C)C(=O)NC(C)(C)C)c23)C1. The molecule has 4 nitrogen and oxygen atoms in total. The number of hydrogen-bond donors (Lipinski definition) is 1. The molecule has 0 saturated carbocycles. The number of carbonyl (C=O) groups excluding carboxylic acids is 1. The van der Waals surface area contributed by atoms with Crippen LogP contribution in [0.3, 0.4) is 0 Å². The predicted molar refractivity (Wildman–Crippen MR) is 102 cm³/mol. The Bertz CT molecular complexity index is 763. The number of nitrogens with one attached hydrogen (secondary N) is 1. The molecule has 1 amide bonds. The maximum absolute atomic E-state index is 12.4. The number of nitrogens with zero attached hydrogens (tertiary/aromatic N) is 2. The summed E-state index contributed by atoms with van der Waals surface area (Å²) >= 11 is 3.34. The molecule has 1 aliphatic rings. The van der Waals surface area contributed by atoms with Gasteiger partial charge in [0, 0.05) is 15.8 Å². The number of carbonyl (C=O) groups is 1. The van der Waals surface area contributed by atoms with Gasteiger partial charge in [-0.15, -0.1) is 11.3 Å². The van der Waals surface area contributed by atoms with Gasteiger partial charge >= 0.3 is 0 Å². The minimum Gasteiger partial charge on any atom is -0.351 e. The summed E-state index contributed by atoms with van der Waals surface area (Å²) in [5, 5.41) is 5.00. The zero-order valence-corrected chi connectivity index (χ0v) is 16.6. The Balaban J connectivity index is 1.89. The van der Waals surface area contributed by atoms with Crippen LogP contribution >= 0.6 is 23.1 Å². The molecule has 0 aliphatic heterocycles. The molecule has 2 atom stereocenters. The highest BCUT2D eigenvalue weighted by atomic mass is 32.2. The zero-order chi connectivity index (χ0) is 17.5. The van der Waals surface area contributed by atoms with Crippen LogP contribution < -0.4 is 5.32 Å². The van der Waals surface area contributed by atoms with Crippen LogP contribution in [0.25, 0.3) is 10.2 Å². The van der Waals surface area contributed by atoms with Crippen molar-refractivity contribution < 1.29 is 4.79 Å². The lowest BCUT2D eigenvalue weighted by atomic mass is 9.89. The number of thioether (sulfide) groups is 1. The lowest BCUT2D eigenvalue weighted by Gasteiger charge is -2.23. The first-order valence-corrected chi connectivity index (χ1v) is 10.2. The molecule has 3 rings (SSSR count). The fraction of sp³-hybridized carbons (Fsp3) is 0.611. The molecule has 1 aliphatic carbocycles. The van der Waals surface area contributed by atoms with Gasteiger partial charge in [0.1, 0.15) is 16.2 Å². The maximum atomic E-state index is 12.4. The topological polar surface area (TPSA) is 54.9 Å². The van der Waals surface area contributed by atoms with Crippen LogP contribution in [0, 0.1) is 5.92 Å². The molecule has 0 saturated heterocycles. The number of aromatic nitrogens is 2. The van der Waals surface area contributed by atoms with Crippen molar-refractivity contribution in [2.45, 2.75) is 69.7 Å². The Morgan fingerprint density at radius 1 is 1.42 bits per heavy atom. The van der Waals surface area contributed by atoms with E-state index in [9.17, 15) is 4.79 Å². The quantitative estimate of drug-likeness (QED) is 0.655. The van der Waals surface area contributed by atoms with Gasteiger partial charge in [-0.1, -0.05) is 18.7 Å². The number of fused-ring (bicyclic) bond motifs is 3. The molecular weight excluding hydrogens is 338 g/mol. The third-order valence-corrected chi connectivity index (χ3v) is 6.48. The lowest BCUT2D eigenvalue weighted by Crippen LogP contribution is -2.44. The number of amides is 1. The second-order valence-corrected chi connectivity index (χ2v) is 10.1. The van der Waals surface area contributed by atoms with Crippen LogP contribution in [0.4, 0.5) is 0 Å². The zero-order valence-electron chi connectivity index (χ0n) is 15.0. The van der Waals surface area contributed by atoms with E-state index in [-0.39, 0.29) is 16.7 Å². The van der Waals surface area contributed by atoms with Crippen LogP contribution in [-0.4, -0.2) is 26.7 Å². The van der Waals surface area contributed by atoms with Gasteiger partial charge in [-0.3, -0.25) is 4.79 Å². The van der Waals surface area contributed by atoms with E-state index in [1.165, 1.54) is 22.2 Å². The van der Waals surface area contributed by atoms with Gasteiger partial charge in [0.2, 0.25) is 5.91 Å². The largest absolute Gasteiger partial charge is 0.351 e. The highest BCUT2D eigenvalue weighted by molar-refractivity contribution is 8.00. The van der Waals surface area contributed by atoms with Gasteiger partial charge in [0.25, 0.3) is 0 Å². The van der Waals surface area contributed by atoms with Gasteiger partial charge in [-0.2, -0.15) is 0 Å². The van der Waals surface area contributed by atoms with Crippen molar-refractivity contribution in [2.24, 2.45) is 5.92 Å². The summed E-state index contributed by atoms with van der Waals surface area (Å²) in [6.45, 7) is 10.3. The first-order valence-electron chi connectivity index (χ1n) is 8.48. The van der Waals surface area contributed by atoms with Gasteiger partial charge in [0.15, 0.2) is 0 Å². The molecule has 0 bridgehead atoms. The smallest absolute Gasteiger partial charge is 0.233 e. The van der Waals surface area contributed by atoms with Crippen molar-refractivity contribution in [3.05, 3.63) is 16.8 Å². The van der Waals surface area contributed by atoms with Gasteiger partial charge in [-0.25, -0.2) is 9.97 Å². The molecule has 1 N–H and O–H groups in total. The van der Waals surface area contributed by atoms with Crippen molar-refractivity contribution in [3.63, 3.8) is 0 Å². The molecule has 24 heavy (non-hydrogen) atoms. The van der Waals surface area contributed by atoms with E-state index >= 15 is 0 Å². The summed E-state index contributed by atoms with van der Waals surface area (Å²) in [6, 6.07) is 0. The molecule has 0 radical (unpaired) electrons. The Labute approximate surface area is 151 Å². The molecule has 130 valence electrons. The minimum atomic E-state index is -0.218. The number of thiophene rings is 1. The van der Waals surface area contributed by atoms with Crippen molar-refractivity contribution in [3.8, 4) is 0 Å². The highest BCUT2D eigenvalue weighted by Crippen LogP contribution is 2.41.